The van der Waals surface area contributed by atoms with Crippen LogP contribution in [0, 0.1) is 5.92 Å². The minimum Gasteiger partial charge on any atom is -0.481 e. The molecule has 0 bridgehead atoms. The van der Waals surface area contributed by atoms with Crippen LogP contribution in [-0.2, 0) is 10.2 Å². The topological polar surface area (TPSA) is 96.5 Å². The van der Waals surface area contributed by atoms with Gasteiger partial charge in [-0.05, 0) is 25.0 Å². The minimum atomic E-state index is -0.859. The summed E-state index contributed by atoms with van der Waals surface area (Å²) in [5.74, 6) is -0.718. The number of carboxylic acids is 1. The second-order valence-electron chi connectivity index (χ2n) is 7.65. The SMILES string of the molecule is CC(C)(C)c1noc(-c2ccccc2C(=O)N2CCCC(C(=O)O)C2)n1. The fourth-order valence-electron chi connectivity index (χ4n) is 3.03. The summed E-state index contributed by atoms with van der Waals surface area (Å²) in [7, 11) is 0. The lowest BCUT2D eigenvalue weighted by Crippen LogP contribution is -2.42. The highest BCUT2D eigenvalue weighted by molar-refractivity contribution is 6.00. The van der Waals surface area contributed by atoms with E-state index in [0.29, 0.717) is 42.2 Å². The molecule has 0 saturated carbocycles. The molecule has 0 spiro atoms. The lowest BCUT2D eigenvalue weighted by atomic mass is 9.96. The number of carbonyl (C=O) groups excluding carboxylic acids is 1. The lowest BCUT2D eigenvalue weighted by Gasteiger charge is -2.31. The standard InChI is InChI=1S/C19H23N3O4/c1-19(2,3)18-20-15(26-21-18)13-8-4-5-9-14(13)16(23)22-10-6-7-12(11-22)17(24)25/h4-5,8-9,12H,6-7,10-11H2,1-3H3,(H,24,25). The number of benzene rings is 1. The first-order chi connectivity index (χ1) is 12.3. The van der Waals surface area contributed by atoms with E-state index < -0.39 is 11.9 Å². The predicted molar refractivity (Wildman–Crippen MR) is 94.7 cm³/mol. The molecule has 3 rings (SSSR count). The minimum absolute atomic E-state index is 0.206. The fourth-order valence-corrected chi connectivity index (χ4v) is 3.03. The maximum absolute atomic E-state index is 13.0. The van der Waals surface area contributed by atoms with Crippen molar-refractivity contribution in [2.24, 2.45) is 5.92 Å². The van der Waals surface area contributed by atoms with Crippen LogP contribution < -0.4 is 0 Å². The summed E-state index contributed by atoms with van der Waals surface area (Å²) in [5, 5.41) is 13.3. The first kappa shape index (κ1) is 18.1. The molecule has 1 aliphatic rings. The maximum atomic E-state index is 13.0. The lowest BCUT2D eigenvalue weighted by molar-refractivity contribution is -0.143. The van der Waals surface area contributed by atoms with Crippen molar-refractivity contribution in [2.75, 3.05) is 13.1 Å². The van der Waals surface area contributed by atoms with Crippen molar-refractivity contribution >= 4 is 11.9 Å². The number of aliphatic carboxylic acids is 1. The monoisotopic (exact) mass is 357 g/mol. The van der Waals surface area contributed by atoms with Gasteiger partial charge in [-0.3, -0.25) is 9.59 Å². The molecular formula is C19H23N3O4. The highest BCUT2D eigenvalue weighted by Crippen LogP contribution is 2.28. The zero-order valence-corrected chi connectivity index (χ0v) is 15.2. The summed E-state index contributed by atoms with van der Waals surface area (Å²) in [5.41, 5.74) is 0.753. The molecule has 2 aromatic rings. The van der Waals surface area contributed by atoms with Crippen LogP contribution in [0.4, 0.5) is 0 Å². The number of carboxylic acid groups (broad SMARTS) is 1. The number of carbonyl (C=O) groups is 2. The van der Waals surface area contributed by atoms with Gasteiger partial charge < -0.3 is 14.5 Å². The number of nitrogens with zero attached hydrogens (tertiary/aromatic N) is 3. The average molecular weight is 357 g/mol. The van der Waals surface area contributed by atoms with Crippen molar-refractivity contribution in [3.63, 3.8) is 0 Å². The number of amides is 1. The second kappa shape index (κ2) is 6.90. The van der Waals surface area contributed by atoms with E-state index >= 15 is 0 Å². The van der Waals surface area contributed by atoms with Crippen LogP contribution in [-0.4, -0.2) is 45.1 Å². The Morgan fingerprint density at radius 3 is 2.65 bits per heavy atom. The quantitative estimate of drug-likeness (QED) is 0.907. The van der Waals surface area contributed by atoms with Crippen LogP contribution >= 0.6 is 0 Å². The number of piperidine rings is 1. The molecule has 1 amide bonds. The van der Waals surface area contributed by atoms with E-state index in [0.717, 1.165) is 0 Å². The highest BCUT2D eigenvalue weighted by atomic mass is 16.5. The number of rotatable bonds is 3. The summed E-state index contributed by atoms with van der Waals surface area (Å²) in [6, 6.07) is 7.06. The van der Waals surface area contributed by atoms with Crippen molar-refractivity contribution < 1.29 is 19.2 Å². The Morgan fingerprint density at radius 1 is 1.27 bits per heavy atom. The first-order valence-corrected chi connectivity index (χ1v) is 8.73. The van der Waals surface area contributed by atoms with Gasteiger partial charge in [-0.2, -0.15) is 4.98 Å². The van der Waals surface area contributed by atoms with E-state index in [1.54, 1.807) is 23.1 Å². The van der Waals surface area contributed by atoms with Crippen LogP contribution in [0.2, 0.25) is 0 Å². The molecular weight excluding hydrogens is 334 g/mol. The first-order valence-electron chi connectivity index (χ1n) is 8.73. The molecule has 26 heavy (non-hydrogen) atoms. The normalized spacial score (nSPS) is 18.0. The van der Waals surface area contributed by atoms with Gasteiger partial charge in [-0.15, -0.1) is 0 Å². The molecule has 7 nitrogen and oxygen atoms in total. The number of hydrogen-bond donors (Lipinski definition) is 1. The third kappa shape index (κ3) is 3.61. The van der Waals surface area contributed by atoms with Crippen LogP contribution in [0.5, 0.6) is 0 Å². The molecule has 0 radical (unpaired) electrons. The Labute approximate surface area is 152 Å². The van der Waals surface area contributed by atoms with Gasteiger partial charge in [0, 0.05) is 18.5 Å². The van der Waals surface area contributed by atoms with Crippen molar-refractivity contribution in [1.82, 2.24) is 15.0 Å². The molecule has 1 unspecified atom stereocenters. The maximum Gasteiger partial charge on any atom is 0.308 e. The average Bonchev–Trinajstić information content (AvgIpc) is 3.11. The molecule has 1 aromatic heterocycles. The van der Waals surface area contributed by atoms with Crippen LogP contribution in [0.25, 0.3) is 11.5 Å². The largest absolute Gasteiger partial charge is 0.481 e. The number of hydrogen-bond acceptors (Lipinski definition) is 5. The Balaban J connectivity index is 1.91. The van der Waals surface area contributed by atoms with Gasteiger partial charge in [-0.1, -0.05) is 38.1 Å². The second-order valence-corrected chi connectivity index (χ2v) is 7.65. The van der Waals surface area contributed by atoms with E-state index in [2.05, 4.69) is 10.1 Å². The van der Waals surface area contributed by atoms with Crippen LogP contribution in [0.3, 0.4) is 0 Å². The molecule has 1 saturated heterocycles. The summed E-state index contributed by atoms with van der Waals surface area (Å²) in [6.45, 7) is 6.73. The molecule has 2 heterocycles. The van der Waals surface area contributed by atoms with Gasteiger partial charge in [0.1, 0.15) is 0 Å². The Morgan fingerprint density at radius 2 is 2.00 bits per heavy atom. The predicted octanol–water partition coefficient (Wildman–Crippen LogP) is 2.97. The van der Waals surface area contributed by atoms with E-state index in [-0.39, 0.29) is 17.9 Å². The number of aromatic nitrogens is 2. The molecule has 138 valence electrons. The van der Waals surface area contributed by atoms with Crippen molar-refractivity contribution in [1.29, 1.82) is 0 Å². The summed E-state index contributed by atoms with van der Waals surface area (Å²) < 4.78 is 5.39. The summed E-state index contributed by atoms with van der Waals surface area (Å²) in [6.07, 6.45) is 1.28. The third-order valence-electron chi connectivity index (χ3n) is 4.54. The summed E-state index contributed by atoms with van der Waals surface area (Å²) in [4.78, 5) is 30.3. The van der Waals surface area contributed by atoms with Gasteiger partial charge in [-0.25, -0.2) is 0 Å². The fraction of sp³-hybridized carbons (Fsp3) is 0.474. The van der Waals surface area contributed by atoms with Crippen molar-refractivity contribution in [3.05, 3.63) is 35.7 Å². The Kier molecular flexibility index (Phi) is 4.80. The zero-order chi connectivity index (χ0) is 18.9. The third-order valence-corrected chi connectivity index (χ3v) is 4.54. The van der Waals surface area contributed by atoms with Crippen LogP contribution in [0.15, 0.2) is 28.8 Å². The molecule has 1 aromatic carbocycles. The van der Waals surface area contributed by atoms with E-state index in [1.165, 1.54) is 0 Å². The number of likely N-dealkylation sites (tertiary alicyclic amines) is 1. The molecule has 1 aliphatic heterocycles. The van der Waals surface area contributed by atoms with E-state index in [4.69, 9.17) is 4.52 Å². The Hall–Kier alpha value is -2.70. The molecule has 0 aliphatic carbocycles. The molecule has 1 N–H and O–H groups in total. The van der Waals surface area contributed by atoms with Crippen molar-refractivity contribution in [2.45, 2.75) is 39.0 Å². The smallest absolute Gasteiger partial charge is 0.308 e. The van der Waals surface area contributed by atoms with Gasteiger partial charge in [0.15, 0.2) is 5.82 Å². The van der Waals surface area contributed by atoms with E-state index in [1.807, 2.05) is 26.8 Å². The van der Waals surface area contributed by atoms with Gasteiger partial charge in [0.2, 0.25) is 0 Å². The molecule has 1 fully saturated rings. The zero-order valence-electron chi connectivity index (χ0n) is 15.2. The van der Waals surface area contributed by atoms with Gasteiger partial charge in [0.05, 0.1) is 17.0 Å². The highest BCUT2D eigenvalue weighted by Gasteiger charge is 2.30. The van der Waals surface area contributed by atoms with Gasteiger partial charge >= 0.3 is 5.97 Å². The van der Waals surface area contributed by atoms with Gasteiger partial charge in [0.25, 0.3) is 11.8 Å². The molecule has 1 atom stereocenters. The van der Waals surface area contributed by atoms with E-state index in [9.17, 15) is 14.7 Å². The van der Waals surface area contributed by atoms with Crippen molar-refractivity contribution in [3.8, 4) is 11.5 Å². The molecule has 7 heteroatoms. The van der Waals surface area contributed by atoms with Crippen LogP contribution in [0.1, 0.15) is 49.8 Å². The Bertz CT molecular complexity index is 822. The summed E-state index contributed by atoms with van der Waals surface area (Å²) >= 11 is 0.